The molecule has 0 amide bonds. The number of carboxylic acids is 1. The molecule has 0 spiro atoms. The lowest BCUT2D eigenvalue weighted by molar-refractivity contribution is 0.0696. The van der Waals surface area contributed by atoms with Gasteiger partial charge in [-0.05, 0) is 34.4 Å². The molecule has 0 fully saturated rings. The molecular weight excluding hydrogens is 216 g/mol. The van der Waals surface area contributed by atoms with E-state index in [0.29, 0.717) is 5.56 Å². The van der Waals surface area contributed by atoms with E-state index in [4.69, 9.17) is 5.11 Å². The molecule has 17 heavy (non-hydrogen) atoms. The van der Waals surface area contributed by atoms with Crippen LogP contribution >= 0.6 is 0 Å². The Morgan fingerprint density at radius 1 is 1.00 bits per heavy atom. The van der Waals surface area contributed by atoms with E-state index in [-0.39, 0.29) is 5.56 Å². The van der Waals surface area contributed by atoms with Gasteiger partial charge in [-0.15, -0.1) is 0 Å². The molecule has 0 radical (unpaired) electrons. The van der Waals surface area contributed by atoms with Gasteiger partial charge in [-0.25, -0.2) is 4.79 Å². The molecule has 3 heteroatoms. The Balaban J connectivity index is 2.24. The first kappa shape index (κ1) is 10.1. The Morgan fingerprint density at radius 3 is 2.47 bits per heavy atom. The summed E-state index contributed by atoms with van der Waals surface area (Å²) in [6.45, 7) is 0. The van der Waals surface area contributed by atoms with E-state index in [0.717, 1.165) is 16.7 Å². The van der Waals surface area contributed by atoms with Crippen LogP contribution in [0.5, 0.6) is 0 Å². The summed E-state index contributed by atoms with van der Waals surface area (Å²) < 4.78 is 0. The van der Waals surface area contributed by atoms with Crippen LogP contribution in [0.25, 0.3) is 11.1 Å². The number of aliphatic hydroxyl groups is 1. The van der Waals surface area contributed by atoms with Crippen molar-refractivity contribution in [3.05, 3.63) is 59.2 Å². The first-order chi connectivity index (χ1) is 8.18. The third-order valence-electron chi connectivity index (χ3n) is 3.14. The Bertz CT molecular complexity index is 617. The van der Waals surface area contributed by atoms with E-state index in [1.807, 2.05) is 24.3 Å². The van der Waals surface area contributed by atoms with Gasteiger partial charge in [0.25, 0.3) is 0 Å². The van der Waals surface area contributed by atoms with Gasteiger partial charge in [-0.3, -0.25) is 0 Å². The van der Waals surface area contributed by atoms with E-state index >= 15 is 0 Å². The van der Waals surface area contributed by atoms with E-state index in [2.05, 4.69) is 0 Å². The molecule has 2 aromatic carbocycles. The minimum absolute atomic E-state index is 0.204. The molecule has 0 aromatic heterocycles. The van der Waals surface area contributed by atoms with E-state index < -0.39 is 12.1 Å². The first-order valence-corrected chi connectivity index (χ1v) is 5.33. The maximum Gasteiger partial charge on any atom is 0.335 e. The van der Waals surface area contributed by atoms with E-state index in [1.54, 1.807) is 18.2 Å². The first-order valence-electron chi connectivity index (χ1n) is 5.33. The van der Waals surface area contributed by atoms with Crippen molar-refractivity contribution < 1.29 is 15.0 Å². The Labute approximate surface area is 98.0 Å². The third kappa shape index (κ3) is 1.36. The molecule has 0 saturated heterocycles. The maximum atomic E-state index is 10.9. The van der Waals surface area contributed by atoms with Gasteiger partial charge in [-0.1, -0.05) is 30.3 Å². The summed E-state index contributed by atoms with van der Waals surface area (Å²) in [6.07, 6.45) is -0.722. The number of aliphatic hydroxyl groups excluding tert-OH is 1. The molecule has 0 heterocycles. The summed E-state index contributed by atoms with van der Waals surface area (Å²) in [5.41, 5.74) is 3.61. The van der Waals surface area contributed by atoms with Crippen molar-refractivity contribution in [1.29, 1.82) is 0 Å². The number of hydrogen-bond acceptors (Lipinski definition) is 2. The Morgan fingerprint density at radius 2 is 1.71 bits per heavy atom. The largest absolute Gasteiger partial charge is 0.478 e. The van der Waals surface area contributed by atoms with Gasteiger partial charge in [-0.2, -0.15) is 0 Å². The average Bonchev–Trinajstić information content (AvgIpc) is 2.64. The van der Waals surface area contributed by atoms with E-state index in [1.165, 1.54) is 0 Å². The predicted molar refractivity (Wildman–Crippen MR) is 62.9 cm³/mol. The number of carboxylic acid groups (broad SMARTS) is 1. The fourth-order valence-corrected chi connectivity index (χ4v) is 2.32. The summed E-state index contributed by atoms with van der Waals surface area (Å²) >= 11 is 0. The second-order valence-corrected chi connectivity index (χ2v) is 4.10. The number of fused-ring (bicyclic) bond motifs is 3. The van der Waals surface area contributed by atoms with Crippen LogP contribution in [0.15, 0.2) is 42.5 Å². The zero-order chi connectivity index (χ0) is 12.0. The Kier molecular flexibility index (Phi) is 2.03. The lowest BCUT2D eigenvalue weighted by Gasteiger charge is -2.05. The monoisotopic (exact) mass is 226 g/mol. The van der Waals surface area contributed by atoms with Gasteiger partial charge >= 0.3 is 5.97 Å². The van der Waals surface area contributed by atoms with Crippen LogP contribution in [-0.4, -0.2) is 16.2 Å². The van der Waals surface area contributed by atoms with E-state index in [9.17, 15) is 9.90 Å². The SMILES string of the molecule is O=C(O)c1ccc2c(c1)[C@H](O)c1ccccc1-2. The van der Waals surface area contributed by atoms with Crippen molar-refractivity contribution >= 4 is 5.97 Å². The standard InChI is InChI=1S/C14H10O3/c15-13-11-4-2-1-3-9(11)10-6-5-8(14(16)17)7-12(10)13/h1-7,13,15H,(H,16,17)/t13-/m1/s1. The maximum absolute atomic E-state index is 10.9. The number of benzene rings is 2. The number of hydrogen-bond donors (Lipinski definition) is 2. The molecule has 0 aliphatic heterocycles. The van der Waals surface area contributed by atoms with Gasteiger partial charge in [0.05, 0.1) is 5.56 Å². The highest BCUT2D eigenvalue weighted by molar-refractivity contribution is 5.90. The number of carbonyl (C=O) groups is 1. The smallest absolute Gasteiger partial charge is 0.335 e. The van der Waals surface area contributed by atoms with Crippen LogP contribution in [0, 0.1) is 0 Å². The molecule has 0 saturated carbocycles. The van der Waals surface area contributed by atoms with Crippen molar-refractivity contribution in [2.45, 2.75) is 6.10 Å². The van der Waals surface area contributed by atoms with Crippen molar-refractivity contribution in [2.24, 2.45) is 0 Å². The summed E-state index contributed by atoms with van der Waals surface area (Å²) in [7, 11) is 0. The minimum atomic E-state index is -0.976. The molecule has 3 nitrogen and oxygen atoms in total. The lowest BCUT2D eigenvalue weighted by atomic mass is 10.0. The van der Waals surface area contributed by atoms with Gasteiger partial charge in [0.15, 0.2) is 0 Å². The summed E-state index contributed by atoms with van der Waals surface area (Å²) in [6, 6.07) is 12.4. The zero-order valence-corrected chi connectivity index (χ0v) is 8.92. The topological polar surface area (TPSA) is 57.5 Å². The highest BCUT2D eigenvalue weighted by Gasteiger charge is 2.27. The van der Waals surface area contributed by atoms with Crippen molar-refractivity contribution in [3.8, 4) is 11.1 Å². The average molecular weight is 226 g/mol. The fraction of sp³-hybridized carbons (Fsp3) is 0.0714. The second-order valence-electron chi connectivity index (χ2n) is 4.10. The molecule has 1 aliphatic carbocycles. The highest BCUT2D eigenvalue weighted by Crippen LogP contribution is 2.43. The molecule has 0 bridgehead atoms. The van der Waals surface area contributed by atoms with Crippen LogP contribution in [0.4, 0.5) is 0 Å². The zero-order valence-electron chi connectivity index (χ0n) is 8.92. The van der Waals surface area contributed by atoms with Gasteiger partial charge in [0, 0.05) is 0 Å². The van der Waals surface area contributed by atoms with Gasteiger partial charge in [0.2, 0.25) is 0 Å². The van der Waals surface area contributed by atoms with Gasteiger partial charge < -0.3 is 10.2 Å². The van der Waals surface area contributed by atoms with Crippen LogP contribution in [0.3, 0.4) is 0 Å². The fourth-order valence-electron chi connectivity index (χ4n) is 2.32. The third-order valence-corrected chi connectivity index (χ3v) is 3.14. The van der Waals surface area contributed by atoms with Crippen molar-refractivity contribution in [2.75, 3.05) is 0 Å². The second kappa shape index (κ2) is 3.43. The molecule has 2 aromatic rings. The normalized spacial score (nSPS) is 16.4. The van der Waals surface area contributed by atoms with Crippen LogP contribution < -0.4 is 0 Å². The molecule has 1 atom stereocenters. The number of aromatic carboxylic acids is 1. The van der Waals surface area contributed by atoms with Crippen LogP contribution in [0.2, 0.25) is 0 Å². The molecule has 1 aliphatic rings. The molecule has 84 valence electrons. The Hall–Kier alpha value is -2.13. The minimum Gasteiger partial charge on any atom is -0.478 e. The summed E-state index contributed by atoms with van der Waals surface area (Å²) in [5, 5.41) is 19.1. The molecule has 2 N–H and O–H groups in total. The van der Waals surface area contributed by atoms with Crippen LogP contribution in [-0.2, 0) is 0 Å². The highest BCUT2D eigenvalue weighted by atomic mass is 16.4. The van der Waals surface area contributed by atoms with Crippen LogP contribution in [0.1, 0.15) is 27.6 Å². The lowest BCUT2D eigenvalue weighted by Crippen LogP contribution is -1.99. The number of rotatable bonds is 1. The summed E-state index contributed by atoms with van der Waals surface area (Å²) in [5.74, 6) is -0.976. The van der Waals surface area contributed by atoms with Gasteiger partial charge in [0.1, 0.15) is 6.10 Å². The quantitative estimate of drug-likeness (QED) is 0.785. The summed E-state index contributed by atoms with van der Waals surface area (Å²) in [4.78, 5) is 10.9. The molecule has 0 unspecified atom stereocenters. The predicted octanol–water partition coefficient (Wildman–Crippen LogP) is 2.45. The molecular formula is C14H10O3. The van der Waals surface area contributed by atoms with Crippen molar-refractivity contribution in [3.63, 3.8) is 0 Å². The molecule has 3 rings (SSSR count). The van der Waals surface area contributed by atoms with Crippen molar-refractivity contribution in [1.82, 2.24) is 0 Å².